The summed E-state index contributed by atoms with van der Waals surface area (Å²) in [7, 11) is 0. The highest BCUT2D eigenvalue weighted by Gasteiger charge is 2.10. The molecule has 3 rings (SSSR count). The van der Waals surface area contributed by atoms with Crippen molar-refractivity contribution in [1.82, 2.24) is 25.3 Å². The molecule has 0 unspecified atom stereocenters. The Morgan fingerprint density at radius 2 is 1.93 bits per heavy atom. The maximum absolute atomic E-state index is 13.5. The lowest BCUT2D eigenvalue weighted by Crippen LogP contribution is -2.29. The van der Waals surface area contributed by atoms with Gasteiger partial charge in [0.15, 0.2) is 5.82 Å². The van der Waals surface area contributed by atoms with Crippen molar-refractivity contribution >= 4 is 23.4 Å². The molecule has 3 N–H and O–H groups in total. The lowest BCUT2D eigenvalue weighted by molar-refractivity contribution is 0.0951. The summed E-state index contributed by atoms with van der Waals surface area (Å²) in [4.78, 5) is 28.4. The minimum absolute atomic E-state index is 0.0373. The molecule has 0 saturated carbocycles. The van der Waals surface area contributed by atoms with Gasteiger partial charge in [0.1, 0.15) is 23.3 Å². The molecule has 0 radical (unpaired) electrons. The predicted octanol–water partition coefficient (Wildman–Crippen LogP) is 2.30. The Bertz CT molecular complexity index is 921. The SMILES string of the molecule is Cc1nc(NCCNC(=O)c2ccncc2F)cc(Nc2ccccn2)n1. The van der Waals surface area contributed by atoms with E-state index < -0.39 is 11.7 Å². The second kappa shape index (κ2) is 8.65. The molecule has 1 amide bonds. The van der Waals surface area contributed by atoms with Gasteiger partial charge in [-0.3, -0.25) is 9.78 Å². The standard InChI is InChI=1S/C18H18FN7O/c1-12-24-16(10-17(25-12)26-15-4-2-3-6-21-15)22-8-9-23-18(27)13-5-7-20-11-14(13)19/h2-7,10-11H,8-9H2,1H3,(H,23,27)(H2,21,22,24,25,26). The summed E-state index contributed by atoms with van der Waals surface area (Å²) in [6, 6.07) is 8.61. The van der Waals surface area contributed by atoms with Crippen LogP contribution in [0.25, 0.3) is 0 Å². The van der Waals surface area contributed by atoms with E-state index in [0.717, 1.165) is 6.20 Å². The molecule has 0 bridgehead atoms. The average molecular weight is 367 g/mol. The van der Waals surface area contributed by atoms with Crippen LogP contribution >= 0.6 is 0 Å². The predicted molar refractivity (Wildman–Crippen MR) is 99.3 cm³/mol. The third kappa shape index (κ3) is 5.18. The molecule has 9 heteroatoms. The van der Waals surface area contributed by atoms with E-state index in [0.29, 0.717) is 36.4 Å². The normalized spacial score (nSPS) is 10.3. The van der Waals surface area contributed by atoms with Crippen LogP contribution in [0.3, 0.4) is 0 Å². The van der Waals surface area contributed by atoms with Crippen molar-refractivity contribution in [1.29, 1.82) is 0 Å². The Balaban J connectivity index is 1.53. The molecule has 0 aliphatic rings. The maximum Gasteiger partial charge on any atom is 0.254 e. The van der Waals surface area contributed by atoms with Crippen LogP contribution in [0, 0.1) is 12.7 Å². The van der Waals surface area contributed by atoms with Crippen molar-refractivity contribution in [3.05, 3.63) is 66.1 Å². The fourth-order valence-electron chi connectivity index (χ4n) is 2.31. The van der Waals surface area contributed by atoms with Gasteiger partial charge in [-0.1, -0.05) is 6.07 Å². The highest BCUT2D eigenvalue weighted by Crippen LogP contribution is 2.15. The topological polar surface area (TPSA) is 105 Å². The molecule has 3 heterocycles. The number of hydrogen-bond acceptors (Lipinski definition) is 7. The summed E-state index contributed by atoms with van der Waals surface area (Å²) >= 11 is 0. The first-order chi connectivity index (χ1) is 13.1. The second-order valence-corrected chi connectivity index (χ2v) is 5.56. The van der Waals surface area contributed by atoms with Gasteiger partial charge < -0.3 is 16.0 Å². The van der Waals surface area contributed by atoms with Crippen LogP contribution in [0.1, 0.15) is 16.2 Å². The Morgan fingerprint density at radius 1 is 1.07 bits per heavy atom. The number of amides is 1. The molecule has 0 fully saturated rings. The van der Waals surface area contributed by atoms with Crippen molar-refractivity contribution < 1.29 is 9.18 Å². The minimum Gasteiger partial charge on any atom is -0.368 e. The molecule has 138 valence electrons. The Labute approximate surface area is 155 Å². The molecule has 3 aromatic heterocycles. The van der Waals surface area contributed by atoms with Crippen molar-refractivity contribution in [2.75, 3.05) is 23.7 Å². The number of carbonyl (C=O) groups excluding carboxylic acids is 1. The minimum atomic E-state index is -0.653. The van der Waals surface area contributed by atoms with Gasteiger partial charge in [0.2, 0.25) is 0 Å². The lowest BCUT2D eigenvalue weighted by Gasteiger charge is -2.10. The first-order valence-electron chi connectivity index (χ1n) is 8.27. The molecular formula is C18H18FN7O. The van der Waals surface area contributed by atoms with E-state index in [4.69, 9.17) is 0 Å². The number of pyridine rings is 2. The van der Waals surface area contributed by atoms with Gasteiger partial charge >= 0.3 is 0 Å². The molecular weight excluding hydrogens is 349 g/mol. The smallest absolute Gasteiger partial charge is 0.254 e. The number of aryl methyl sites for hydroxylation is 1. The van der Waals surface area contributed by atoms with Gasteiger partial charge in [0.25, 0.3) is 5.91 Å². The van der Waals surface area contributed by atoms with E-state index in [2.05, 4.69) is 35.9 Å². The van der Waals surface area contributed by atoms with Crippen molar-refractivity contribution in [2.24, 2.45) is 0 Å². The molecule has 3 aromatic rings. The molecule has 8 nitrogen and oxygen atoms in total. The number of rotatable bonds is 7. The maximum atomic E-state index is 13.5. The van der Waals surface area contributed by atoms with Gasteiger partial charge in [0.05, 0.1) is 11.8 Å². The first-order valence-corrected chi connectivity index (χ1v) is 8.27. The monoisotopic (exact) mass is 367 g/mol. The quantitative estimate of drug-likeness (QED) is 0.550. The van der Waals surface area contributed by atoms with E-state index >= 15 is 0 Å². The number of aromatic nitrogens is 4. The fourth-order valence-corrected chi connectivity index (χ4v) is 2.31. The molecule has 0 aliphatic heterocycles. The zero-order valence-corrected chi connectivity index (χ0v) is 14.6. The van der Waals surface area contributed by atoms with Gasteiger partial charge in [0, 0.05) is 31.5 Å². The summed E-state index contributed by atoms with van der Waals surface area (Å²) in [6.07, 6.45) is 4.06. The fraction of sp³-hybridized carbons (Fsp3) is 0.167. The highest BCUT2D eigenvalue weighted by atomic mass is 19.1. The number of halogens is 1. The Kier molecular flexibility index (Phi) is 5.83. The molecule has 0 aromatic carbocycles. The van der Waals surface area contributed by atoms with Crippen LogP contribution in [0.5, 0.6) is 0 Å². The first kappa shape index (κ1) is 18.2. The average Bonchev–Trinajstić information content (AvgIpc) is 2.66. The number of nitrogens with zero attached hydrogens (tertiary/aromatic N) is 4. The number of carbonyl (C=O) groups is 1. The third-order valence-electron chi connectivity index (χ3n) is 3.49. The van der Waals surface area contributed by atoms with Gasteiger partial charge in [-0.05, 0) is 25.1 Å². The zero-order valence-electron chi connectivity index (χ0n) is 14.6. The van der Waals surface area contributed by atoms with E-state index in [1.807, 2.05) is 18.2 Å². The van der Waals surface area contributed by atoms with Crippen LogP contribution in [0.15, 0.2) is 48.9 Å². The molecule has 0 spiro atoms. The number of hydrogen-bond donors (Lipinski definition) is 3. The van der Waals surface area contributed by atoms with Crippen molar-refractivity contribution in [3.8, 4) is 0 Å². The van der Waals surface area contributed by atoms with Crippen LogP contribution in [0.2, 0.25) is 0 Å². The van der Waals surface area contributed by atoms with Gasteiger partial charge in [-0.15, -0.1) is 0 Å². The Morgan fingerprint density at radius 3 is 2.70 bits per heavy atom. The van der Waals surface area contributed by atoms with E-state index in [1.165, 1.54) is 12.3 Å². The number of anilines is 3. The van der Waals surface area contributed by atoms with Crippen LogP contribution in [-0.2, 0) is 0 Å². The third-order valence-corrected chi connectivity index (χ3v) is 3.49. The summed E-state index contributed by atoms with van der Waals surface area (Å²) < 4.78 is 13.5. The molecule has 0 aliphatic carbocycles. The van der Waals surface area contributed by atoms with E-state index in [1.54, 1.807) is 19.2 Å². The van der Waals surface area contributed by atoms with Crippen molar-refractivity contribution in [2.45, 2.75) is 6.92 Å². The van der Waals surface area contributed by atoms with Gasteiger partial charge in [-0.2, -0.15) is 0 Å². The summed E-state index contributed by atoms with van der Waals surface area (Å²) in [5, 5.41) is 8.84. The van der Waals surface area contributed by atoms with Crippen LogP contribution < -0.4 is 16.0 Å². The largest absolute Gasteiger partial charge is 0.368 e. The molecule has 0 atom stereocenters. The van der Waals surface area contributed by atoms with Crippen molar-refractivity contribution in [3.63, 3.8) is 0 Å². The number of nitrogens with one attached hydrogen (secondary N) is 3. The second-order valence-electron chi connectivity index (χ2n) is 5.56. The van der Waals surface area contributed by atoms with Gasteiger partial charge in [-0.25, -0.2) is 19.3 Å². The van der Waals surface area contributed by atoms with E-state index in [9.17, 15) is 9.18 Å². The lowest BCUT2D eigenvalue weighted by atomic mass is 10.2. The summed E-state index contributed by atoms with van der Waals surface area (Å²) in [5.74, 6) is 1.32. The summed E-state index contributed by atoms with van der Waals surface area (Å²) in [5.41, 5.74) is -0.0373. The van der Waals surface area contributed by atoms with E-state index in [-0.39, 0.29) is 5.56 Å². The zero-order chi connectivity index (χ0) is 19.1. The Hall–Kier alpha value is -3.62. The molecule has 0 saturated heterocycles. The van der Waals surface area contributed by atoms with Crippen LogP contribution in [0.4, 0.5) is 21.8 Å². The highest BCUT2D eigenvalue weighted by molar-refractivity contribution is 5.94. The van der Waals surface area contributed by atoms with Crippen LogP contribution in [-0.4, -0.2) is 38.9 Å². The molecule has 27 heavy (non-hydrogen) atoms. The summed E-state index contributed by atoms with van der Waals surface area (Å²) in [6.45, 7) is 2.49.